The van der Waals surface area contributed by atoms with Crippen LogP contribution < -0.4 is 0 Å². The zero-order valence-corrected chi connectivity index (χ0v) is 10.8. The predicted molar refractivity (Wildman–Crippen MR) is 70.0 cm³/mol. The molecule has 0 aliphatic carbocycles. The Hall–Kier alpha value is -1.15. The molecule has 1 heterocycles. The van der Waals surface area contributed by atoms with Crippen LogP contribution in [-0.4, -0.2) is 23.8 Å². The monoisotopic (exact) mass is 231 g/mol. The number of piperidine rings is 1. The minimum atomic E-state index is -0.0322. The summed E-state index contributed by atoms with van der Waals surface area (Å²) in [7, 11) is 0. The highest BCUT2D eigenvalue weighted by Crippen LogP contribution is 2.25. The van der Waals surface area contributed by atoms with Gasteiger partial charge in [0.15, 0.2) is 5.78 Å². The lowest BCUT2D eigenvalue weighted by Crippen LogP contribution is -2.37. The molecule has 0 saturated carbocycles. The van der Waals surface area contributed by atoms with Crippen LogP contribution in [0.3, 0.4) is 0 Å². The lowest BCUT2D eigenvalue weighted by Gasteiger charge is -2.33. The number of rotatable bonds is 3. The summed E-state index contributed by atoms with van der Waals surface area (Å²) in [6, 6.07) is 8.31. The Kier molecular flexibility index (Phi) is 3.95. The summed E-state index contributed by atoms with van der Waals surface area (Å²) in [5.74, 6) is 0.262. The van der Waals surface area contributed by atoms with Crippen LogP contribution in [0.5, 0.6) is 0 Å². The molecule has 1 aliphatic heterocycles. The van der Waals surface area contributed by atoms with Gasteiger partial charge < -0.3 is 0 Å². The Labute approximate surface area is 104 Å². The quantitative estimate of drug-likeness (QED) is 0.796. The highest BCUT2D eigenvalue weighted by Gasteiger charge is 2.25. The first-order valence-electron chi connectivity index (χ1n) is 6.49. The molecule has 2 nitrogen and oxygen atoms in total. The summed E-state index contributed by atoms with van der Waals surface area (Å²) < 4.78 is 0. The van der Waals surface area contributed by atoms with Gasteiger partial charge in [0.25, 0.3) is 0 Å². The second kappa shape index (κ2) is 5.46. The molecule has 0 radical (unpaired) electrons. The van der Waals surface area contributed by atoms with Crippen molar-refractivity contribution in [3.63, 3.8) is 0 Å². The molecular weight excluding hydrogens is 210 g/mol. The Balaban J connectivity index is 2.25. The smallest absolute Gasteiger partial charge is 0.151 e. The van der Waals surface area contributed by atoms with Gasteiger partial charge in [0, 0.05) is 0 Å². The van der Waals surface area contributed by atoms with Crippen LogP contribution in [0.15, 0.2) is 24.3 Å². The maximum absolute atomic E-state index is 11.9. The SMILES string of the molecule is CC(=O)C(c1cccc(C)c1)N1CCCCC1. The topological polar surface area (TPSA) is 20.3 Å². The van der Waals surface area contributed by atoms with Crippen molar-refractivity contribution in [3.05, 3.63) is 35.4 Å². The van der Waals surface area contributed by atoms with Crippen LogP contribution in [0.2, 0.25) is 0 Å². The van der Waals surface area contributed by atoms with Crippen LogP contribution in [0, 0.1) is 6.92 Å². The Bertz CT molecular complexity index is 394. The van der Waals surface area contributed by atoms with E-state index in [4.69, 9.17) is 0 Å². The largest absolute Gasteiger partial charge is 0.298 e. The zero-order chi connectivity index (χ0) is 12.3. The highest BCUT2D eigenvalue weighted by molar-refractivity contribution is 5.83. The third kappa shape index (κ3) is 2.95. The van der Waals surface area contributed by atoms with E-state index >= 15 is 0 Å². The van der Waals surface area contributed by atoms with Crippen molar-refractivity contribution in [1.82, 2.24) is 4.90 Å². The molecule has 1 atom stereocenters. The first-order chi connectivity index (χ1) is 8.18. The van der Waals surface area contributed by atoms with E-state index in [2.05, 4.69) is 30.0 Å². The molecule has 1 aliphatic rings. The van der Waals surface area contributed by atoms with Crippen molar-refractivity contribution in [3.8, 4) is 0 Å². The van der Waals surface area contributed by atoms with E-state index in [0.29, 0.717) is 0 Å². The van der Waals surface area contributed by atoms with Gasteiger partial charge in [-0.15, -0.1) is 0 Å². The standard InChI is InChI=1S/C15H21NO/c1-12-7-6-8-14(11-12)15(13(2)17)16-9-4-3-5-10-16/h6-8,11,15H,3-5,9-10H2,1-2H3. The van der Waals surface area contributed by atoms with Gasteiger partial charge in [-0.1, -0.05) is 36.2 Å². The Morgan fingerprint density at radius 1 is 1.24 bits per heavy atom. The van der Waals surface area contributed by atoms with E-state index in [1.165, 1.54) is 24.8 Å². The van der Waals surface area contributed by atoms with Gasteiger partial charge in [-0.3, -0.25) is 9.69 Å². The van der Waals surface area contributed by atoms with Gasteiger partial charge in [-0.2, -0.15) is 0 Å². The van der Waals surface area contributed by atoms with Gasteiger partial charge in [0.1, 0.15) is 0 Å². The molecule has 1 fully saturated rings. The molecule has 17 heavy (non-hydrogen) atoms. The molecule has 0 bridgehead atoms. The van der Waals surface area contributed by atoms with Crippen LogP contribution in [0.25, 0.3) is 0 Å². The Morgan fingerprint density at radius 2 is 1.94 bits per heavy atom. The maximum atomic E-state index is 11.9. The first-order valence-corrected chi connectivity index (χ1v) is 6.49. The fourth-order valence-corrected chi connectivity index (χ4v) is 2.72. The number of carbonyl (C=O) groups excluding carboxylic acids is 1. The normalized spacial score (nSPS) is 18.9. The molecule has 1 aromatic carbocycles. The van der Waals surface area contributed by atoms with Crippen molar-refractivity contribution in [1.29, 1.82) is 0 Å². The molecule has 2 rings (SSSR count). The summed E-state index contributed by atoms with van der Waals surface area (Å²) in [6.07, 6.45) is 3.74. The zero-order valence-electron chi connectivity index (χ0n) is 10.8. The number of hydrogen-bond acceptors (Lipinski definition) is 2. The van der Waals surface area contributed by atoms with E-state index in [9.17, 15) is 4.79 Å². The van der Waals surface area contributed by atoms with Crippen molar-refractivity contribution < 1.29 is 4.79 Å². The molecule has 0 spiro atoms. The number of carbonyl (C=O) groups is 1. The van der Waals surface area contributed by atoms with E-state index in [0.717, 1.165) is 18.7 Å². The van der Waals surface area contributed by atoms with Gasteiger partial charge >= 0.3 is 0 Å². The van der Waals surface area contributed by atoms with Crippen molar-refractivity contribution in [2.45, 2.75) is 39.2 Å². The number of nitrogens with zero attached hydrogens (tertiary/aromatic N) is 1. The third-order valence-electron chi connectivity index (χ3n) is 3.50. The van der Waals surface area contributed by atoms with Gasteiger partial charge in [0.05, 0.1) is 6.04 Å². The lowest BCUT2D eigenvalue weighted by molar-refractivity contribution is -0.122. The number of ketones is 1. The highest BCUT2D eigenvalue weighted by atomic mass is 16.1. The second-order valence-electron chi connectivity index (χ2n) is 5.02. The molecule has 0 aromatic heterocycles. The van der Waals surface area contributed by atoms with E-state index in [-0.39, 0.29) is 11.8 Å². The van der Waals surface area contributed by atoms with E-state index < -0.39 is 0 Å². The number of aryl methyl sites for hydroxylation is 1. The van der Waals surface area contributed by atoms with Crippen LogP contribution in [-0.2, 0) is 4.79 Å². The molecule has 2 heteroatoms. The van der Waals surface area contributed by atoms with Crippen LogP contribution in [0.1, 0.15) is 43.4 Å². The van der Waals surface area contributed by atoms with Crippen molar-refractivity contribution in [2.75, 3.05) is 13.1 Å². The molecule has 1 unspecified atom stereocenters. The first kappa shape index (κ1) is 12.3. The molecule has 1 saturated heterocycles. The fourth-order valence-electron chi connectivity index (χ4n) is 2.72. The third-order valence-corrected chi connectivity index (χ3v) is 3.50. The summed E-state index contributed by atoms with van der Waals surface area (Å²) in [5.41, 5.74) is 2.38. The molecule has 0 N–H and O–H groups in total. The Morgan fingerprint density at radius 3 is 2.53 bits per heavy atom. The number of Topliss-reactive ketones (excluding diaryl/α,β-unsaturated/α-hetero) is 1. The van der Waals surface area contributed by atoms with E-state index in [1.807, 2.05) is 6.07 Å². The molecule has 0 amide bonds. The average Bonchev–Trinajstić information content (AvgIpc) is 2.30. The van der Waals surface area contributed by atoms with Crippen molar-refractivity contribution in [2.24, 2.45) is 0 Å². The van der Waals surface area contributed by atoms with Gasteiger partial charge in [-0.05, 0) is 45.3 Å². The minimum Gasteiger partial charge on any atom is -0.298 e. The van der Waals surface area contributed by atoms with Crippen LogP contribution in [0.4, 0.5) is 0 Å². The van der Waals surface area contributed by atoms with E-state index in [1.54, 1.807) is 6.92 Å². The average molecular weight is 231 g/mol. The van der Waals surface area contributed by atoms with Gasteiger partial charge in [0.2, 0.25) is 0 Å². The number of hydrogen-bond donors (Lipinski definition) is 0. The summed E-state index contributed by atoms with van der Waals surface area (Å²) in [4.78, 5) is 14.2. The number of likely N-dealkylation sites (tertiary alicyclic amines) is 1. The molecular formula is C15H21NO. The minimum absolute atomic E-state index is 0.0322. The number of benzene rings is 1. The lowest BCUT2D eigenvalue weighted by atomic mass is 9.97. The summed E-state index contributed by atoms with van der Waals surface area (Å²) in [6.45, 7) is 5.90. The maximum Gasteiger partial charge on any atom is 0.151 e. The fraction of sp³-hybridized carbons (Fsp3) is 0.533. The molecule has 92 valence electrons. The predicted octanol–water partition coefficient (Wildman–Crippen LogP) is 3.11. The van der Waals surface area contributed by atoms with Crippen LogP contribution >= 0.6 is 0 Å². The summed E-state index contributed by atoms with van der Waals surface area (Å²) in [5, 5.41) is 0. The van der Waals surface area contributed by atoms with Crippen molar-refractivity contribution >= 4 is 5.78 Å². The summed E-state index contributed by atoms with van der Waals surface area (Å²) >= 11 is 0. The second-order valence-corrected chi connectivity index (χ2v) is 5.02. The molecule has 1 aromatic rings. The van der Waals surface area contributed by atoms with Gasteiger partial charge in [-0.25, -0.2) is 0 Å².